The highest BCUT2D eigenvalue weighted by atomic mass is 16.5. The van der Waals surface area contributed by atoms with Gasteiger partial charge >= 0.3 is 0 Å². The van der Waals surface area contributed by atoms with Gasteiger partial charge in [-0.15, -0.1) is 0 Å². The number of ether oxygens (including phenoxy) is 1. The first-order valence-corrected chi connectivity index (χ1v) is 8.32. The molecule has 2 aromatic rings. The monoisotopic (exact) mass is 326 g/mol. The third-order valence-electron chi connectivity index (χ3n) is 3.57. The Bertz CT molecular complexity index is 696. The molecule has 0 saturated carbocycles. The fourth-order valence-corrected chi connectivity index (χ4v) is 2.45. The lowest BCUT2D eigenvalue weighted by Crippen LogP contribution is -2.17. The number of carbonyl (C=O) groups excluding carboxylic acids is 1. The number of nitrogens with one attached hydrogen (secondary N) is 2. The standard InChI is InChI=1S/C20H26N2O2/c1-14(2)24-19-8-6-5-7-18(19)21-12-11-20(23)22-17-10-9-15(3)13-16(17)4/h5-10,13-14,21H,11-12H2,1-4H3,(H,22,23). The van der Waals surface area contributed by atoms with Crippen molar-refractivity contribution in [2.24, 2.45) is 0 Å². The van der Waals surface area contributed by atoms with E-state index < -0.39 is 0 Å². The second-order valence-electron chi connectivity index (χ2n) is 6.21. The Labute approximate surface area is 144 Å². The SMILES string of the molecule is Cc1ccc(NC(=O)CCNc2ccccc2OC(C)C)c(C)c1. The van der Waals surface area contributed by atoms with Gasteiger partial charge in [-0.25, -0.2) is 0 Å². The second kappa shape index (κ2) is 8.39. The number of hydrogen-bond donors (Lipinski definition) is 2. The molecular formula is C20H26N2O2. The van der Waals surface area contributed by atoms with Crippen molar-refractivity contribution in [1.82, 2.24) is 0 Å². The molecule has 0 bridgehead atoms. The van der Waals surface area contributed by atoms with Crippen molar-refractivity contribution in [3.8, 4) is 5.75 Å². The van der Waals surface area contributed by atoms with Crippen molar-refractivity contribution < 1.29 is 9.53 Å². The summed E-state index contributed by atoms with van der Waals surface area (Å²) >= 11 is 0. The lowest BCUT2D eigenvalue weighted by atomic mass is 10.1. The fourth-order valence-electron chi connectivity index (χ4n) is 2.45. The number of carbonyl (C=O) groups is 1. The van der Waals surface area contributed by atoms with E-state index in [1.807, 2.05) is 64.1 Å². The minimum Gasteiger partial charge on any atom is -0.489 e. The van der Waals surface area contributed by atoms with E-state index in [1.165, 1.54) is 5.56 Å². The predicted octanol–water partition coefficient (Wildman–Crippen LogP) is 4.53. The maximum atomic E-state index is 12.1. The van der Waals surface area contributed by atoms with Crippen molar-refractivity contribution in [3.63, 3.8) is 0 Å². The lowest BCUT2D eigenvalue weighted by molar-refractivity contribution is -0.115. The van der Waals surface area contributed by atoms with Crippen LogP contribution in [-0.4, -0.2) is 18.6 Å². The second-order valence-corrected chi connectivity index (χ2v) is 6.21. The van der Waals surface area contributed by atoms with Crippen LogP contribution in [0.1, 0.15) is 31.4 Å². The first-order valence-electron chi connectivity index (χ1n) is 8.32. The summed E-state index contributed by atoms with van der Waals surface area (Å²) in [6.45, 7) is 8.58. The molecule has 4 heteroatoms. The molecule has 0 aromatic heterocycles. The third-order valence-corrected chi connectivity index (χ3v) is 3.57. The van der Waals surface area contributed by atoms with Crippen LogP contribution in [0, 0.1) is 13.8 Å². The van der Waals surface area contributed by atoms with Gasteiger partial charge in [0.2, 0.25) is 5.91 Å². The van der Waals surface area contributed by atoms with Crippen molar-refractivity contribution in [2.45, 2.75) is 40.2 Å². The first-order chi connectivity index (χ1) is 11.5. The molecule has 0 aliphatic carbocycles. The van der Waals surface area contributed by atoms with Gasteiger partial charge in [0.25, 0.3) is 0 Å². The molecule has 0 fully saturated rings. The average Bonchev–Trinajstić information content (AvgIpc) is 2.51. The Morgan fingerprint density at radius 3 is 2.54 bits per heavy atom. The van der Waals surface area contributed by atoms with Crippen molar-refractivity contribution >= 4 is 17.3 Å². The first kappa shape index (κ1) is 17.9. The largest absolute Gasteiger partial charge is 0.489 e. The van der Waals surface area contributed by atoms with Crippen LogP contribution in [-0.2, 0) is 4.79 Å². The molecule has 2 N–H and O–H groups in total. The van der Waals surface area contributed by atoms with Gasteiger partial charge in [-0.1, -0.05) is 29.8 Å². The van der Waals surface area contributed by atoms with Gasteiger partial charge < -0.3 is 15.4 Å². The number of anilines is 2. The Morgan fingerprint density at radius 2 is 1.83 bits per heavy atom. The minimum absolute atomic E-state index is 0.00304. The maximum absolute atomic E-state index is 12.1. The zero-order valence-corrected chi connectivity index (χ0v) is 14.8. The molecule has 24 heavy (non-hydrogen) atoms. The van der Waals surface area contributed by atoms with Crippen LogP contribution in [0.4, 0.5) is 11.4 Å². The van der Waals surface area contributed by atoms with Crippen molar-refractivity contribution in [3.05, 3.63) is 53.6 Å². The number of amides is 1. The van der Waals surface area contributed by atoms with E-state index in [2.05, 4.69) is 16.7 Å². The predicted molar refractivity (Wildman–Crippen MR) is 99.9 cm³/mol. The Kier molecular flexibility index (Phi) is 6.24. The van der Waals surface area contributed by atoms with E-state index in [0.717, 1.165) is 22.7 Å². The number of aryl methyl sites for hydroxylation is 2. The normalized spacial score (nSPS) is 10.5. The molecule has 128 valence electrons. The van der Waals surface area contributed by atoms with E-state index in [-0.39, 0.29) is 12.0 Å². The maximum Gasteiger partial charge on any atom is 0.226 e. The summed E-state index contributed by atoms with van der Waals surface area (Å²) in [5, 5.41) is 6.23. The summed E-state index contributed by atoms with van der Waals surface area (Å²) in [5.41, 5.74) is 4.04. The summed E-state index contributed by atoms with van der Waals surface area (Å²) in [7, 11) is 0. The molecule has 2 rings (SSSR count). The number of benzene rings is 2. The zero-order valence-electron chi connectivity index (χ0n) is 14.8. The summed E-state index contributed by atoms with van der Waals surface area (Å²) in [4.78, 5) is 12.1. The highest BCUT2D eigenvalue weighted by molar-refractivity contribution is 5.91. The zero-order chi connectivity index (χ0) is 17.5. The molecular weight excluding hydrogens is 300 g/mol. The highest BCUT2D eigenvalue weighted by Gasteiger charge is 2.07. The van der Waals surface area contributed by atoms with Crippen LogP contribution in [0.5, 0.6) is 5.75 Å². The molecule has 0 spiro atoms. The molecule has 0 unspecified atom stereocenters. The number of rotatable bonds is 7. The molecule has 0 atom stereocenters. The fraction of sp³-hybridized carbons (Fsp3) is 0.350. The summed E-state index contributed by atoms with van der Waals surface area (Å²) in [6, 6.07) is 13.8. The molecule has 4 nitrogen and oxygen atoms in total. The molecule has 0 aliphatic rings. The van der Waals surface area contributed by atoms with Gasteiger partial charge in [0.1, 0.15) is 5.75 Å². The quantitative estimate of drug-likeness (QED) is 0.786. The Balaban J connectivity index is 1.87. The molecule has 0 radical (unpaired) electrons. The molecule has 2 aromatic carbocycles. The Morgan fingerprint density at radius 1 is 1.08 bits per heavy atom. The van der Waals surface area contributed by atoms with Gasteiger partial charge in [0.15, 0.2) is 0 Å². The van der Waals surface area contributed by atoms with E-state index in [1.54, 1.807) is 0 Å². The number of hydrogen-bond acceptors (Lipinski definition) is 3. The van der Waals surface area contributed by atoms with Crippen LogP contribution >= 0.6 is 0 Å². The van der Waals surface area contributed by atoms with E-state index in [9.17, 15) is 4.79 Å². The van der Waals surface area contributed by atoms with Gasteiger partial charge in [0.05, 0.1) is 11.8 Å². The van der Waals surface area contributed by atoms with Gasteiger partial charge in [0, 0.05) is 18.7 Å². The Hall–Kier alpha value is -2.49. The van der Waals surface area contributed by atoms with Crippen LogP contribution in [0.3, 0.4) is 0 Å². The molecule has 0 heterocycles. The number of para-hydroxylation sites is 2. The van der Waals surface area contributed by atoms with Crippen LogP contribution < -0.4 is 15.4 Å². The van der Waals surface area contributed by atoms with E-state index >= 15 is 0 Å². The lowest BCUT2D eigenvalue weighted by Gasteiger charge is -2.15. The summed E-state index contributed by atoms with van der Waals surface area (Å²) < 4.78 is 5.76. The van der Waals surface area contributed by atoms with Crippen molar-refractivity contribution in [1.29, 1.82) is 0 Å². The molecule has 1 amide bonds. The highest BCUT2D eigenvalue weighted by Crippen LogP contribution is 2.24. The minimum atomic E-state index is -0.00304. The molecule has 0 aliphatic heterocycles. The topological polar surface area (TPSA) is 50.4 Å². The molecule has 0 saturated heterocycles. The van der Waals surface area contributed by atoms with Gasteiger partial charge in [-0.2, -0.15) is 0 Å². The smallest absolute Gasteiger partial charge is 0.226 e. The third kappa shape index (κ3) is 5.30. The van der Waals surface area contributed by atoms with Crippen LogP contribution in [0.15, 0.2) is 42.5 Å². The van der Waals surface area contributed by atoms with Gasteiger partial charge in [-0.3, -0.25) is 4.79 Å². The van der Waals surface area contributed by atoms with Crippen LogP contribution in [0.2, 0.25) is 0 Å². The average molecular weight is 326 g/mol. The van der Waals surface area contributed by atoms with Gasteiger partial charge in [-0.05, 0) is 51.5 Å². The van der Waals surface area contributed by atoms with Crippen molar-refractivity contribution in [2.75, 3.05) is 17.2 Å². The van der Waals surface area contributed by atoms with E-state index in [0.29, 0.717) is 13.0 Å². The summed E-state index contributed by atoms with van der Waals surface area (Å²) in [6.07, 6.45) is 0.504. The van der Waals surface area contributed by atoms with Crippen LogP contribution in [0.25, 0.3) is 0 Å². The van der Waals surface area contributed by atoms with E-state index in [4.69, 9.17) is 4.74 Å². The summed E-state index contributed by atoms with van der Waals surface area (Å²) in [5.74, 6) is 0.805.